The quantitative estimate of drug-likeness (QED) is 0.486. The first-order valence-corrected chi connectivity index (χ1v) is 7.80. The molecule has 1 unspecified atom stereocenters. The maximum Gasteiger partial charge on any atom is 0.265 e. The van der Waals surface area contributed by atoms with Crippen molar-refractivity contribution in [1.29, 1.82) is 0 Å². The second-order valence-corrected chi connectivity index (χ2v) is 6.78. The Morgan fingerprint density at radius 2 is 1.69 bits per heavy atom. The molecule has 0 bridgehead atoms. The van der Waals surface area contributed by atoms with Crippen molar-refractivity contribution in [1.82, 2.24) is 0 Å². The van der Waals surface area contributed by atoms with Crippen LogP contribution in [-0.4, -0.2) is 40.9 Å². The van der Waals surface area contributed by atoms with Crippen molar-refractivity contribution in [3.63, 3.8) is 0 Å². The Hall–Kier alpha value is -0.0400. The van der Waals surface area contributed by atoms with Crippen molar-refractivity contribution in [2.24, 2.45) is 0 Å². The predicted molar refractivity (Wildman–Crippen MR) is 47.0 cm³/mol. The van der Waals surface area contributed by atoms with Crippen LogP contribution in [0.25, 0.3) is 0 Å². The maximum absolute atomic E-state index is 10.9. The molecule has 0 saturated carbocycles. The normalized spacial score (nSPS) is 15.8. The number of rotatable bonds is 5. The van der Waals surface area contributed by atoms with Gasteiger partial charge in [0.2, 0.25) is 0 Å². The molecule has 13 heavy (non-hydrogen) atoms. The highest BCUT2D eigenvalue weighted by atomic mass is 32.2. The molecular formula is C4H9O6PS2. The molecule has 9 heteroatoms. The van der Waals surface area contributed by atoms with Gasteiger partial charge in [-0.3, -0.25) is 4.57 Å². The fourth-order valence-electron chi connectivity index (χ4n) is 0.493. The van der Waals surface area contributed by atoms with Crippen LogP contribution in [-0.2, 0) is 28.7 Å². The second-order valence-electron chi connectivity index (χ2n) is 2.37. The molecule has 0 saturated heterocycles. The van der Waals surface area contributed by atoms with Crippen molar-refractivity contribution in [3.8, 4) is 0 Å². The summed E-state index contributed by atoms with van der Waals surface area (Å²) in [4.78, 5) is 0. The Labute approximate surface area is 78.5 Å². The van der Waals surface area contributed by atoms with Gasteiger partial charge >= 0.3 is 0 Å². The maximum atomic E-state index is 10.9. The highest BCUT2D eigenvalue weighted by molar-refractivity contribution is 7.92. The average Bonchev–Trinajstić information content (AvgIpc) is 1.81. The molecular weight excluding hydrogens is 239 g/mol. The van der Waals surface area contributed by atoms with Gasteiger partial charge in [-0.2, -0.15) is 8.42 Å². The summed E-state index contributed by atoms with van der Waals surface area (Å²) in [6, 6.07) is 0. The molecule has 0 aliphatic carbocycles. The van der Waals surface area contributed by atoms with E-state index in [4.69, 9.17) is 0 Å². The van der Waals surface area contributed by atoms with Crippen molar-refractivity contribution >= 4 is 28.4 Å². The topological polar surface area (TPSA) is 94.6 Å². The summed E-state index contributed by atoms with van der Waals surface area (Å²) < 4.78 is 57.2. The summed E-state index contributed by atoms with van der Waals surface area (Å²) in [5.74, 6) is 0. The van der Waals surface area contributed by atoms with E-state index in [-0.39, 0.29) is 0 Å². The first-order chi connectivity index (χ1) is 5.67. The van der Waals surface area contributed by atoms with Crippen LogP contribution in [0.5, 0.6) is 0 Å². The first kappa shape index (κ1) is 13.0. The Bertz CT molecular complexity index is 367. The van der Waals surface area contributed by atoms with Gasteiger partial charge in [0, 0.05) is 6.26 Å². The van der Waals surface area contributed by atoms with E-state index in [9.17, 15) is 21.4 Å². The molecule has 0 aromatic heterocycles. The second kappa shape index (κ2) is 4.45. The zero-order valence-electron chi connectivity index (χ0n) is 7.00. The predicted octanol–water partition coefficient (Wildman–Crippen LogP) is -0.375. The summed E-state index contributed by atoms with van der Waals surface area (Å²) in [6.45, 7) is 0. The monoisotopic (exact) mass is 248 g/mol. The van der Waals surface area contributed by atoms with Gasteiger partial charge in [0.25, 0.3) is 10.1 Å². The van der Waals surface area contributed by atoms with E-state index in [0.717, 1.165) is 12.5 Å². The largest absolute Gasteiger partial charge is 0.275 e. The zero-order valence-corrected chi connectivity index (χ0v) is 9.53. The van der Waals surface area contributed by atoms with Gasteiger partial charge < -0.3 is 0 Å². The zero-order chi connectivity index (χ0) is 10.7. The van der Waals surface area contributed by atoms with Gasteiger partial charge in [-0.05, 0) is 0 Å². The van der Waals surface area contributed by atoms with Gasteiger partial charge in [0.15, 0.2) is 23.7 Å². The standard InChI is InChI=1S/C4H9O6PS2/c1-12(6,7)4(3-11-5)10-13(2,8)9/h4H,3H2,1-2H3. The van der Waals surface area contributed by atoms with Crippen LogP contribution in [0.15, 0.2) is 0 Å². The van der Waals surface area contributed by atoms with Crippen molar-refractivity contribution < 1.29 is 25.6 Å². The highest BCUT2D eigenvalue weighted by Gasteiger charge is 2.25. The molecule has 0 radical (unpaired) electrons. The lowest BCUT2D eigenvalue weighted by atomic mass is 10.9. The van der Waals surface area contributed by atoms with Crippen LogP contribution < -0.4 is 0 Å². The van der Waals surface area contributed by atoms with Crippen LogP contribution in [0, 0.1) is 0 Å². The Morgan fingerprint density at radius 1 is 1.23 bits per heavy atom. The summed E-state index contributed by atoms with van der Waals surface area (Å²) in [5, 5.41) is 0. The number of hydrogen-bond acceptors (Lipinski definition) is 6. The summed E-state index contributed by atoms with van der Waals surface area (Å²) in [5.41, 5.74) is -1.57. The van der Waals surface area contributed by atoms with Crippen LogP contribution in [0.1, 0.15) is 0 Å². The smallest absolute Gasteiger partial charge is 0.265 e. The van der Waals surface area contributed by atoms with E-state index >= 15 is 0 Å². The van der Waals surface area contributed by atoms with Crippen molar-refractivity contribution in [3.05, 3.63) is 0 Å². The molecule has 0 aliphatic rings. The van der Waals surface area contributed by atoms with Gasteiger partial charge in [0.05, 0.1) is 12.4 Å². The lowest BCUT2D eigenvalue weighted by Gasteiger charge is -2.10. The molecule has 0 spiro atoms. The van der Waals surface area contributed by atoms with Crippen LogP contribution >= 0.6 is 8.46 Å². The SMILES string of the molecule is CS(=O)(=O)OC(CP=O)S(C)(=O)=O. The third-order valence-electron chi connectivity index (χ3n) is 0.983. The number of sulfone groups is 1. The molecule has 0 rings (SSSR count). The Kier molecular flexibility index (Phi) is 4.44. The summed E-state index contributed by atoms with van der Waals surface area (Å²) in [7, 11) is -8.00. The van der Waals surface area contributed by atoms with E-state index in [1.807, 2.05) is 0 Å². The van der Waals surface area contributed by atoms with Crippen LogP contribution in [0.3, 0.4) is 0 Å². The molecule has 0 N–H and O–H groups in total. The lowest BCUT2D eigenvalue weighted by Crippen LogP contribution is -2.27. The summed E-state index contributed by atoms with van der Waals surface area (Å²) in [6.07, 6.45) is 1.15. The van der Waals surface area contributed by atoms with Crippen molar-refractivity contribution in [2.45, 2.75) is 5.44 Å². The molecule has 0 aliphatic heterocycles. The van der Waals surface area contributed by atoms with Gasteiger partial charge in [0.1, 0.15) is 0 Å². The third kappa shape index (κ3) is 6.09. The molecule has 0 fully saturated rings. The van der Waals surface area contributed by atoms with Gasteiger partial charge in [-0.25, -0.2) is 12.6 Å². The molecule has 0 heterocycles. The van der Waals surface area contributed by atoms with Crippen molar-refractivity contribution in [2.75, 3.05) is 18.7 Å². The van der Waals surface area contributed by atoms with Crippen LogP contribution in [0.4, 0.5) is 0 Å². The molecule has 0 aromatic carbocycles. The Morgan fingerprint density at radius 3 is 1.92 bits per heavy atom. The highest BCUT2D eigenvalue weighted by Crippen LogP contribution is 2.10. The Balaban J connectivity index is 4.75. The molecule has 1 atom stereocenters. The molecule has 78 valence electrons. The van der Waals surface area contributed by atoms with Gasteiger partial charge in [-0.15, -0.1) is 0 Å². The minimum absolute atomic E-state index is 0.397. The fourth-order valence-corrected chi connectivity index (χ4v) is 3.51. The molecule has 0 amide bonds. The average molecular weight is 248 g/mol. The van der Waals surface area contributed by atoms with Crippen LogP contribution in [0.2, 0.25) is 0 Å². The van der Waals surface area contributed by atoms with E-state index in [2.05, 4.69) is 4.18 Å². The van der Waals surface area contributed by atoms with E-state index in [0.29, 0.717) is 0 Å². The minimum atomic E-state index is -3.85. The molecule has 0 aromatic rings. The minimum Gasteiger partial charge on any atom is -0.275 e. The fraction of sp³-hybridized carbons (Fsp3) is 1.00. The van der Waals surface area contributed by atoms with E-state index in [1.165, 1.54) is 0 Å². The summed E-state index contributed by atoms with van der Waals surface area (Å²) >= 11 is 0. The number of hydrogen-bond donors (Lipinski definition) is 0. The van der Waals surface area contributed by atoms with E-state index in [1.54, 1.807) is 0 Å². The lowest BCUT2D eigenvalue weighted by molar-refractivity contribution is 0.301. The van der Waals surface area contributed by atoms with E-state index < -0.39 is 40.0 Å². The molecule has 6 nitrogen and oxygen atoms in total. The van der Waals surface area contributed by atoms with Gasteiger partial charge in [-0.1, -0.05) is 0 Å². The first-order valence-electron chi connectivity index (χ1n) is 3.03. The third-order valence-corrected chi connectivity index (χ3v) is 3.63.